The van der Waals surface area contributed by atoms with Crippen LogP contribution in [0.2, 0.25) is 5.02 Å². The molecular weight excluding hydrogens is 406 g/mol. The molecule has 2 amide bonds. The molecule has 0 saturated carbocycles. The van der Waals surface area contributed by atoms with Crippen LogP contribution >= 0.6 is 34.7 Å². The molecule has 2 heterocycles. The van der Waals surface area contributed by atoms with Crippen LogP contribution in [0.25, 0.3) is 0 Å². The topological polar surface area (TPSA) is 80.3 Å². The Bertz CT molecular complexity index is 776. The fourth-order valence-electron chi connectivity index (χ4n) is 2.55. The lowest BCUT2D eigenvalue weighted by Gasteiger charge is -2.09. The van der Waals surface area contributed by atoms with Crippen molar-refractivity contribution in [3.63, 3.8) is 0 Å². The molecule has 0 unspecified atom stereocenters. The van der Waals surface area contributed by atoms with Crippen molar-refractivity contribution < 1.29 is 14.3 Å². The number of carbonyl (C=O) groups excluding carboxylic acids is 2. The molecule has 0 spiro atoms. The summed E-state index contributed by atoms with van der Waals surface area (Å²) in [5.74, 6) is 0.0714. The van der Waals surface area contributed by atoms with Gasteiger partial charge in [0.05, 0.1) is 24.0 Å². The molecule has 1 aliphatic heterocycles. The summed E-state index contributed by atoms with van der Waals surface area (Å²) in [6.45, 7) is 1.33. The quantitative estimate of drug-likeness (QED) is 0.634. The van der Waals surface area contributed by atoms with Crippen molar-refractivity contribution in [3.8, 4) is 0 Å². The van der Waals surface area contributed by atoms with E-state index < -0.39 is 0 Å². The number of hydrogen-bond acceptors (Lipinski definition) is 6. The number of amides is 2. The van der Waals surface area contributed by atoms with E-state index in [0.29, 0.717) is 22.9 Å². The van der Waals surface area contributed by atoms with Crippen LogP contribution in [0.3, 0.4) is 0 Å². The number of nitrogens with one attached hydrogen (secondary N) is 2. The Kier molecular flexibility index (Phi) is 7.51. The smallest absolute Gasteiger partial charge is 0.234 e. The largest absolute Gasteiger partial charge is 0.376 e. The lowest BCUT2D eigenvalue weighted by molar-refractivity contribution is -0.121. The number of thiazole rings is 1. The van der Waals surface area contributed by atoms with Crippen LogP contribution in [-0.4, -0.2) is 41.8 Å². The van der Waals surface area contributed by atoms with E-state index in [1.165, 1.54) is 23.1 Å². The predicted molar refractivity (Wildman–Crippen MR) is 109 cm³/mol. The summed E-state index contributed by atoms with van der Waals surface area (Å²) in [7, 11) is 0. The highest BCUT2D eigenvalue weighted by Gasteiger charge is 2.16. The summed E-state index contributed by atoms with van der Waals surface area (Å²) < 4.78 is 6.25. The second kappa shape index (κ2) is 10.1. The molecule has 1 aliphatic rings. The summed E-state index contributed by atoms with van der Waals surface area (Å²) in [4.78, 5) is 28.4. The third-order valence-corrected chi connectivity index (χ3v) is 6.20. The van der Waals surface area contributed by atoms with Crippen LogP contribution in [0.15, 0.2) is 34.0 Å². The monoisotopic (exact) mass is 425 g/mol. The molecule has 1 saturated heterocycles. The number of benzene rings is 1. The summed E-state index contributed by atoms with van der Waals surface area (Å²) in [5, 5.41) is 8.16. The predicted octanol–water partition coefficient (Wildman–Crippen LogP) is 3.37. The van der Waals surface area contributed by atoms with E-state index >= 15 is 0 Å². The van der Waals surface area contributed by atoms with Gasteiger partial charge in [0.15, 0.2) is 4.34 Å². The first-order valence-electron chi connectivity index (χ1n) is 8.59. The van der Waals surface area contributed by atoms with E-state index in [1.54, 1.807) is 24.3 Å². The summed E-state index contributed by atoms with van der Waals surface area (Å²) >= 11 is 8.61. The zero-order valence-corrected chi connectivity index (χ0v) is 17.0. The van der Waals surface area contributed by atoms with Crippen LogP contribution in [0, 0.1) is 0 Å². The van der Waals surface area contributed by atoms with Crippen molar-refractivity contribution in [2.24, 2.45) is 0 Å². The Hall–Kier alpha value is -1.61. The van der Waals surface area contributed by atoms with E-state index in [4.69, 9.17) is 16.3 Å². The zero-order chi connectivity index (χ0) is 19.1. The fourth-order valence-corrected chi connectivity index (χ4v) is 4.32. The number of hydrogen-bond donors (Lipinski definition) is 2. The van der Waals surface area contributed by atoms with E-state index in [2.05, 4.69) is 15.6 Å². The molecule has 1 atom stereocenters. The van der Waals surface area contributed by atoms with Crippen molar-refractivity contribution in [2.45, 2.75) is 29.7 Å². The summed E-state index contributed by atoms with van der Waals surface area (Å²) in [6, 6.07) is 6.95. The average Bonchev–Trinajstić information content (AvgIpc) is 3.32. The van der Waals surface area contributed by atoms with Gasteiger partial charge in [-0.2, -0.15) is 0 Å². The van der Waals surface area contributed by atoms with Crippen LogP contribution < -0.4 is 10.6 Å². The summed E-state index contributed by atoms with van der Waals surface area (Å²) in [6.07, 6.45) is 2.42. The Morgan fingerprint density at radius 2 is 2.11 bits per heavy atom. The highest BCUT2D eigenvalue weighted by Crippen LogP contribution is 2.23. The lowest BCUT2D eigenvalue weighted by Crippen LogP contribution is -2.32. The number of nitrogens with zero attached hydrogens (tertiary/aromatic N) is 1. The molecule has 6 nitrogen and oxygen atoms in total. The molecule has 3 rings (SSSR count). The number of aromatic nitrogens is 1. The molecule has 0 aliphatic carbocycles. The van der Waals surface area contributed by atoms with Crippen LogP contribution in [0.5, 0.6) is 0 Å². The minimum Gasteiger partial charge on any atom is -0.376 e. The average molecular weight is 426 g/mol. The van der Waals surface area contributed by atoms with E-state index in [-0.39, 0.29) is 30.1 Å². The lowest BCUT2D eigenvalue weighted by atomic mass is 10.2. The van der Waals surface area contributed by atoms with Crippen LogP contribution in [-0.2, 0) is 20.7 Å². The second-order valence-corrected chi connectivity index (χ2v) is 8.58. The molecule has 0 bridgehead atoms. The second-order valence-electron chi connectivity index (χ2n) is 6.06. The van der Waals surface area contributed by atoms with Gasteiger partial charge in [-0.15, -0.1) is 11.3 Å². The maximum absolute atomic E-state index is 12.0. The van der Waals surface area contributed by atoms with Crippen molar-refractivity contribution in [3.05, 3.63) is 40.4 Å². The number of thioether (sulfide) groups is 1. The first-order chi connectivity index (χ1) is 13.1. The molecule has 9 heteroatoms. The molecule has 144 valence electrons. The van der Waals surface area contributed by atoms with Gasteiger partial charge in [0, 0.05) is 29.2 Å². The number of carbonyl (C=O) groups is 2. The number of anilines is 1. The van der Waals surface area contributed by atoms with Gasteiger partial charge in [-0.05, 0) is 37.1 Å². The van der Waals surface area contributed by atoms with Crippen LogP contribution in [0.4, 0.5) is 5.69 Å². The van der Waals surface area contributed by atoms with Crippen LogP contribution in [0.1, 0.15) is 18.5 Å². The molecule has 0 radical (unpaired) electrons. The van der Waals surface area contributed by atoms with Gasteiger partial charge >= 0.3 is 0 Å². The summed E-state index contributed by atoms with van der Waals surface area (Å²) in [5.41, 5.74) is 1.41. The zero-order valence-electron chi connectivity index (χ0n) is 14.6. The number of ether oxygens (including phenoxy) is 1. The molecule has 2 aromatic rings. The Morgan fingerprint density at radius 1 is 1.30 bits per heavy atom. The molecule has 1 aromatic heterocycles. The van der Waals surface area contributed by atoms with Gasteiger partial charge in [-0.1, -0.05) is 23.4 Å². The van der Waals surface area contributed by atoms with E-state index in [1.807, 2.05) is 5.38 Å². The fraction of sp³-hybridized carbons (Fsp3) is 0.389. The third-order valence-electron chi connectivity index (χ3n) is 3.88. The minimum absolute atomic E-state index is 0.0622. The maximum atomic E-state index is 12.0. The van der Waals surface area contributed by atoms with Gasteiger partial charge in [-0.25, -0.2) is 4.98 Å². The van der Waals surface area contributed by atoms with Crippen molar-refractivity contribution in [1.82, 2.24) is 10.3 Å². The molecule has 1 aromatic carbocycles. The number of halogens is 1. The van der Waals surface area contributed by atoms with Crippen molar-refractivity contribution in [2.75, 3.05) is 24.2 Å². The Balaban J connectivity index is 1.38. The first-order valence-corrected chi connectivity index (χ1v) is 10.8. The highest BCUT2D eigenvalue weighted by atomic mass is 35.5. The van der Waals surface area contributed by atoms with Gasteiger partial charge in [0.2, 0.25) is 11.8 Å². The molecule has 27 heavy (non-hydrogen) atoms. The highest BCUT2D eigenvalue weighted by molar-refractivity contribution is 8.01. The Labute approximate surface area is 171 Å². The maximum Gasteiger partial charge on any atom is 0.234 e. The normalized spacial score (nSPS) is 16.3. The Morgan fingerprint density at radius 3 is 2.85 bits per heavy atom. The minimum atomic E-state index is -0.117. The van der Waals surface area contributed by atoms with Crippen molar-refractivity contribution in [1.29, 1.82) is 0 Å². The first kappa shape index (κ1) is 20.1. The van der Waals surface area contributed by atoms with Gasteiger partial charge in [0.1, 0.15) is 0 Å². The third kappa shape index (κ3) is 6.80. The number of rotatable bonds is 8. The van der Waals surface area contributed by atoms with Gasteiger partial charge < -0.3 is 15.4 Å². The van der Waals surface area contributed by atoms with E-state index in [9.17, 15) is 9.59 Å². The van der Waals surface area contributed by atoms with E-state index in [0.717, 1.165) is 23.8 Å². The van der Waals surface area contributed by atoms with Gasteiger partial charge in [-0.3, -0.25) is 9.59 Å². The standard InChI is InChI=1S/C18H20ClN3O3S2/c19-12-3-5-13(6-4-12)21-17(24)11-27-18-22-14(10-26-18)8-16(23)20-9-15-2-1-7-25-15/h3-6,10,15H,1-2,7-9,11H2,(H,20,23)(H,21,24)/t15-/m1/s1. The molecule has 2 N–H and O–H groups in total. The molecular formula is C18H20ClN3O3S2. The SMILES string of the molecule is O=C(Cc1csc(SCC(=O)Nc2ccc(Cl)cc2)n1)NC[C@H]1CCCO1. The molecule has 1 fully saturated rings. The van der Waals surface area contributed by atoms with Gasteiger partial charge in [0.25, 0.3) is 0 Å². The van der Waals surface area contributed by atoms with Crippen molar-refractivity contribution >= 4 is 52.2 Å².